The maximum Gasteiger partial charge on any atom is 0.325 e. The van der Waals surface area contributed by atoms with E-state index in [1.165, 1.54) is 28.1 Å². The molecule has 498 valence electrons. The Morgan fingerprint density at radius 3 is 2.22 bits per heavy atom. The monoisotopic (exact) mass is 1380 g/mol. The molecule has 0 radical (unpaired) electrons. The minimum Gasteiger partial charge on any atom is -0.387 e. The molecule has 4 amide bonds. The average molecular weight is 1380 g/mol. The number of anilines is 1. The molecule has 4 aliphatic heterocycles. The summed E-state index contributed by atoms with van der Waals surface area (Å²) in [5.41, 5.74) is 5.03. The molecule has 2 unspecified atom stereocenters. The number of nitrogens with zero attached hydrogens (tertiary/aromatic N) is 8. The van der Waals surface area contributed by atoms with Crippen LogP contribution >= 0.6 is 13.4 Å². The molecule has 6 N–H and O–H groups in total. The second-order valence-electron chi connectivity index (χ2n) is 23.5. The number of halogens is 1. The van der Waals surface area contributed by atoms with Crippen LogP contribution in [0.4, 0.5) is 10.1 Å². The lowest BCUT2D eigenvalue weighted by atomic mass is 9.93. The molecule has 0 saturated carbocycles. The predicted octanol–water partition coefficient (Wildman–Crippen LogP) is 3.90. The van der Waals surface area contributed by atoms with E-state index in [0.29, 0.717) is 23.3 Å². The highest BCUT2D eigenvalue weighted by atomic mass is 32.5. The van der Waals surface area contributed by atoms with Crippen molar-refractivity contribution in [3.8, 4) is 11.8 Å². The van der Waals surface area contributed by atoms with E-state index < -0.39 is 124 Å². The summed E-state index contributed by atoms with van der Waals surface area (Å²) in [4.78, 5) is 136. The van der Waals surface area contributed by atoms with Gasteiger partial charge in [0.2, 0.25) is 23.6 Å². The number of aryl methyl sites for hydroxylation is 2. The number of carbonyl (C=O) groups excluding carboxylic acids is 6. The zero-order chi connectivity index (χ0) is 66.5. The van der Waals surface area contributed by atoms with Gasteiger partial charge in [0.05, 0.1) is 50.6 Å². The molecule has 3 saturated heterocycles. The number of carbonyl (C=O) groups is 6. The number of nitrogens with one attached hydrogen (secondary N) is 3. The third-order valence-corrected chi connectivity index (χ3v) is 20.2. The first kappa shape index (κ1) is 67.3. The lowest BCUT2D eigenvalue weighted by Gasteiger charge is -2.27. The fourth-order valence-corrected chi connectivity index (χ4v) is 15.1. The van der Waals surface area contributed by atoms with Crippen LogP contribution in [-0.2, 0) is 112 Å². The number of aliphatic hydroxyl groups excluding tert-OH is 1. The van der Waals surface area contributed by atoms with Crippen LogP contribution in [0.2, 0.25) is 0 Å². The molecule has 3 fully saturated rings. The SMILES string of the molecule is O=C(CCC(=O)NCC(=O)C[C@@H](Cc1ccccc1)C(=O)NCC(=O)NCCn1cnc2c(ncn2[C@@H]2O[C@@H]3COP(O)(=S)O[C@H]4[C@@H](F)[C@H](n5cc6c7c(ncnc75)CCCC6)O[C@@H]4COP(O)(=S)O[C@@H]2[C@@H]3O)c1=O)CCC(=O)N1Cc2ccccc2C#Cc2ccccc21. The summed E-state index contributed by atoms with van der Waals surface area (Å²) in [6.07, 6.45) is -4.25. The van der Waals surface area contributed by atoms with Crippen molar-refractivity contribution >= 4 is 100 Å². The van der Waals surface area contributed by atoms with Crippen LogP contribution < -0.4 is 26.4 Å². The fourth-order valence-electron chi connectivity index (χ4n) is 12.2. The van der Waals surface area contributed by atoms with Gasteiger partial charge in [-0.25, -0.2) is 24.3 Å². The quantitative estimate of drug-likeness (QED) is 0.0465. The van der Waals surface area contributed by atoms with Gasteiger partial charge in [-0.2, -0.15) is 0 Å². The number of rotatable bonds is 20. The lowest BCUT2D eigenvalue weighted by molar-refractivity contribution is -0.131. The van der Waals surface area contributed by atoms with Crippen LogP contribution in [0.25, 0.3) is 22.2 Å². The van der Waals surface area contributed by atoms with Crippen LogP contribution in [0.1, 0.15) is 90.9 Å². The van der Waals surface area contributed by atoms with Crippen molar-refractivity contribution in [3.63, 3.8) is 0 Å². The number of imidazole rings is 1. The zero-order valence-corrected chi connectivity index (χ0v) is 54.3. The highest BCUT2D eigenvalue weighted by Crippen LogP contribution is 2.55. The maximum atomic E-state index is 16.8. The zero-order valence-electron chi connectivity index (χ0n) is 50.8. The van der Waals surface area contributed by atoms with E-state index in [1.54, 1.807) is 46.0 Å². The first-order valence-electron chi connectivity index (χ1n) is 30.8. The number of hydrogen-bond donors (Lipinski definition) is 6. The predicted molar refractivity (Wildman–Crippen MR) is 345 cm³/mol. The number of Topliss-reactive ketones (excluding diaryl/α,β-unsaturated/α-hetero) is 2. The summed E-state index contributed by atoms with van der Waals surface area (Å²) >= 11 is 10.8. The first-order chi connectivity index (χ1) is 45.8. The summed E-state index contributed by atoms with van der Waals surface area (Å²) in [6.45, 7) is -10.9. The second kappa shape index (κ2) is 29.3. The van der Waals surface area contributed by atoms with Crippen molar-refractivity contribution in [1.82, 2.24) is 49.6 Å². The number of ketones is 2. The number of hydrogen-bond acceptors (Lipinski definition) is 20. The normalized spacial score (nSPS) is 25.1. The Hall–Kier alpha value is -7.72. The van der Waals surface area contributed by atoms with Crippen LogP contribution in [0.15, 0.2) is 109 Å². The third-order valence-electron chi connectivity index (χ3n) is 17.0. The molecule has 8 heterocycles. The van der Waals surface area contributed by atoms with Gasteiger partial charge in [-0.3, -0.25) is 51.7 Å². The van der Waals surface area contributed by atoms with E-state index >= 15 is 4.39 Å². The highest BCUT2D eigenvalue weighted by Gasteiger charge is 2.53. The van der Waals surface area contributed by atoms with Gasteiger partial charge in [0.1, 0.15) is 54.6 Å². The van der Waals surface area contributed by atoms with Gasteiger partial charge in [-0.05, 0) is 90.6 Å². The Morgan fingerprint density at radius 2 is 1.41 bits per heavy atom. The average Bonchev–Trinajstić information content (AvgIpc) is 1.63. The van der Waals surface area contributed by atoms with E-state index in [0.717, 1.165) is 52.6 Å². The van der Waals surface area contributed by atoms with Gasteiger partial charge in [0, 0.05) is 73.8 Å². The molecule has 95 heavy (non-hydrogen) atoms. The molecule has 3 aromatic carbocycles. The number of ether oxygens (including phenoxy) is 2. The Labute approximate surface area is 552 Å². The largest absolute Gasteiger partial charge is 0.387 e. The fraction of sp³-hybridized carbons (Fsp3) is 0.413. The Morgan fingerprint density at radius 1 is 0.705 bits per heavy atom. The number of alkyl halides is 1. The molecule has 0 spiro atoms. The lowest BCUT2D eigenvalue weighted by Crippen LogP contribution is -2.42. The number of amides is 4. The number of aromatic nitrogens is 7. The summed E-state index contributed by atoms with van der Waals surface area (Å²) in [5.74, 6) is 2.53. The second-order valence-corrected chi connectivity index (χ2v) is 29.1. The van der Waals surface area contributed by atoms with E-state index in [9.17, 15) is 48.5 Å². The van der Waals surface area contributed by atoms with Gasteiger partial charge in [0.15, 0.2) is 35.6 Å². The minimum atomic E-state index is -4.41. The smallest absolute Gasteiger partial charge is 0.325 e. The summed E-state index contributed by atoms with van der Waals surface area (Å²) in [5, 5.41) is 20.2. The Bertz CT molecular complexity index is 4340. The van der Waals surface area contributed by atoms with Crippen molar-refractivity contribution in [2.45, 2.75) is 126 Å². The molecule has 2 bridgehead atoms. The Balaban J connectivity index is 0.617. The van der Waals surface area contributed by atoms with Crippen molar-refractivity contribution < 1.29 is 75.6 Å². The molecular weight excluding hydrogens is 1310 g/mol. The summed E-state index contributed by atoms with van der Waals surface area (Å²) < 4.78 is 56.2. The van der Waals surface area contributed by atoms with Gasteiger partial charge in [0.25, 0.3) is 5.56 Å². The standard InChI is InChI=1S/C63H66FN11O16P2S2/c64-53-56-48(89-62(53)74-31-41-15-6-8-16-45-52(41)58(74)69-34-68-45)33-87-93(85,95)91-57-55(81)47(32-86-92(84,94)90-56)88-63(57)75-36-70-54-59(75)71-35-72(61(54)83)25-24-65-50(79)29-67-60(82)42(26-37-10-2-1-3-11-37)27-44(77)28-66-49(78)22-20-43(76)21-23-51(80)73-30-40-14-5-4-12-38(40)18-19-39-13-7-9-17-46(39)73/h1-5,7,9-14,17,31,34-36,42,47-48,53,55-57,62-63,81H,6,8,15-16,20-30,32-33H2,(H,65,79)(H,66,78)(H,67,82)(H,84,94)(H,85,95)/t42-,47-,48-,53-,55-,56-,57-,62-,63-,92?,93?/m1/s1. The number of fused-ring (bicyclic) bond motifs is 6. The molecule has 11 atom stereocenters. The number of para-hydroxylation sites is 1. The number of aliphatic hydroxyl groups is 1. The van der Waals surface area contributed by atoms with Crippen LogP contribution in [-0.4, -0.2) is 153 Å². The van der Waals surface area contributed by atoms with Crippen molar-refractivity contribution in [3.05, 3.63) is 148 Å². The topological polar surface area (TPSA) is 341 Å². The summed E-state index contributed by atoms with van der Waals surface area (Å²) in [7, 11) is 0. The van der Waals surface area contributed by atoms with Gasteiger partial charge in [-0.15, -0.1) is 0 Å². The molecule has 4 aromatic heterocycles. The first-order valence-corrected chi connectivity index (χ1v) is 36.0. The summed E-state index contributed by atoms with van der Waals surface area (Å²) in [6, 6.07) is 23.8. The van der Waals surface area contributed by atoms with Gasteiger partial charge < -0.3 is 58.8 Å². The molecule has 7 aromatic rings. The number of benzene rings is 3. The molecule has 1 aliphatic carbocycles. The van der Waals surface area contributed by atoms with Gasteiger partial charge in [-0.1, -0.05) is 72.5 Å². The highest BCUT2D eigenvalue weighted by molar-refractivity contribution is 8.07. The molecule has 27 nitrogen and oxygen atoms in total. The van der Waals surface area contributed by atoms with Crippen LogP contribution in [0.5, 0.6) is 0 Å². The van der Waals surface area contributed by atoms with E-state index in [-0.39, 0.29) is 81.0 Å². The van der Waals surface area contributed by atoms with Crippen LogP contribution in [0, 0.1) is 17.8 Å². The molecule has 32 heteroatoms. The minimum absolute atomic E-state index is 0.0606. The third kappa shape index (κ3) is 15.6. The van der Waals surface area contributed by atoms with Crippen LogP contribution in [0.3, 0.4) is 0 Å². The molecule has 5 aliphatic rings. The molecule has 12 rings (SSSR count). The van der Waals surface area contributed by atoms with Crippen molar-refractivity contribution in [2.75, 3.05) is 37.7 Å². The van der Waals surface area contributed by atoms with Gasteiger partial charge >= 0.3 is 13.4 Å². The maximum absolute atomic E-state index is 16.8. The Kier molecular flexibility index (Phi) is 20.8. The van der Waals surface area contributed by atoms with E-state index in [2.05, 4.69) is 47.7 Å². The van der Waals surface area contributed by atoms with Crippen molar-refractivity contribution in [2.24, 2.45) is 5.92 Å². The molecular formula is C63H66FN11O16P2S2. The van der Waals surface area contributed by atoms with E-state index in [1.807, 2.05) is 48.5 Å². The van der Waals surface area contributed by atoms with E-state index in [4.69, 9.17) is 51.2 Å². The van der Waals surface area contributed by atoms with Crippen molar-refractivity contribution in [1.29, 1.82) is 0 Å².